The van der Waals surface area contributed by atoms with E-state index >= 15 is 0 Å². The minimum atomic E-state index is -1.27. The molecule has 0 saturated heterocycles. The van der Waals surface area contributed by atoms with Crippen LogP contribution in [0, 0.1) is 22.7 Å². The maximum Gasteiger partial charge on any atom is 4.00 e. The van der Waals surface area contributed by atoms with E-state index in [-0.39, 0.29) is 37.7 Å². The third kappa shape index (κ3) is 12.9. The molecular weight excluding hydrogens is 635 g/mol. The van der Waals surface area contributed by atoms with Gasteiger partial charge >= 0.3 is 28.2 Å². The fraction of sp³-hybridized carbons (Fsp3) is 0.469. The van der Waals surface area contributed by atoms with Crippen molar-refractivity contribution in [3.8, 4) is 17.9 Å². The molecule has 236 valence electrons. The van der Waals surface area contributed by atoms with Crippen LogP contribution >= 0.6 is 0 Å². The molecule has 12 heteroatoms. The zero-order valence-electron chi connectivity index (χ0n) is 28.0. The second-order valence-corrected chi connectivity index (χ2v) is 11.9. The molecule has 4 rings (SSSR count). The van der Waals surface area contributed by atoms with Crippen molar-refractivity contribution >= 4 is 7.12 Å². The standard InChI is InChI=1S/C18H28BN6.C10H14O.2C2H3N.Mo.O/c1-13(2)16-7-10-23(20-16)19(24-11-8-17(21-24)14(3)4)25-12-9-18(22-25)15(5)6;1-10(2,3)8-6-4-5-7-9(8)11;2*1-2-3;;/h7-15,19H,1-6H3;4-7,11H,1-3H3;2*1H3;;/q-1;;;;+4;-2/p-1. The molecule has 3 aromatic heterocycles. The Kier molecular flexibility index (Phi) is 19.6. The number of nitrogens with zero attached hydrogens (tertiary/aromatic N) is 8. The number of para-hydroxylation sites is 1. The van der Waals surface area contributed by atoms with Crippen molar-refractivity contribution < 1.29 is 31.6 Å². The molecule has 0 aliphatic heterocycles. The molecule has 0 N–H and O–H groups in total. The molecule has 0 spiro atoms. The van der Waals surface area contributed by atoms with Gasteiger partial charge in [-0.05, 0) is 60.0 Å². The van der Waals surface area contributed by atoms with Gasteiger partial charge in [0.2, 0.25) is 0 Å². The van der Waals surface area contributed by atoms with E-state index in [0.717, 1.165) is 22.6 Å². The molecule has 4 aromatic rings. The van der Waals surface area contributed by atoms with E-state index in [2.05, 4.69) is 59.7 Å². The summed E-state index contributed by atoms with van der Waals surface area (Å²) < 4.78 is 6.05. The third-order valence-electron chi connectivity index (χ3n) is 6.32. The first kappa shape index (κ1) is 42.5. The topological polar surface area (TPSA) is 153 Å². The molecule has 3 heterocycles. The summed E-state index contributed by atoms with van der Waals surface area (Å²) in [6.45, 7) is 22.0. The van der Waals surface area contributed by atoms with Crippen molar-refractivity contribution in [2.45, 2.75) is 99.3 Å². The van der Waals surface area contributed by atoms with Gasteiger partial charge < -0.3 is 24.4 Å². The molecule has 0 radical (unpaired) electrons. The minimum absolute atomic E-state index is 0. The SMILES string of the molecule is CC#N.CC#N.CC(C)(C)c1ccccc1[O-].CC(C)c1ccn([BH-](n2ccc(C(C)C)n2)n2ccc(C(C)C)n2)n1.[Mo+4].[O-2]. The van der Waals surface area contributed by atoms with Crippen LogP contribution in [0.1, 0.15) is 117 Å². The number of rotatable bonds is 6. The molecule has 0 atom stereocenters. The van der Waals surface area contributed by atoms with Crippen molar-refractivity contribution in [3.05, 3.63) is 83.7 Å². The van der Waals surface area contributed by atoms with Crippen molar-refractivity contribution in [1.82, 2.24) is 29.1 Å². The van der Waals surface area contributed by atoms with Gasteiger partial charge in [0, 0.05) is 13.8 Å². The zero-order valence-corrected chi connectivity index (χ0v) is 30.0. The van der Waals surface area contributed by atoms with Crippen LogP contribution in [0.2, 0.25) is 0 Å². The molecule has 0 amide bonds. The Morgan fingerprint density at radius 3 is 1.18 bits per heavy atom. The Bertz CT molecular complexity index is 1320. The average Bonchev–Trinajstić information content (AvgIpc) is 3.67. The Morgan fingerprint density at radius 2 is 0.977 bits per heavy atom. The summed E-state index contributed by atoms with van der Waals surface area (Å²) in [6.07, 6.45) is 6.13. The van der Waals surface area contributed by atoms with E-state index in [1.165, 1.54) is 13.8 Å². The quantitative estimate of drug-likeness (QED) is 0.218. The molecule has 0 aliphatic carbocycles. The summed E-state index contributed by atoms with van der Waals surface area (Å²) in [5.74, 6) is 1.33. The maximum absolute atomic E-state index is 11.3. The molecule has 0 saturated carbocycles. The van der Waals surface area contributed by atoms with Gasteiger partial charge in [0.05, 0.1) is 29.2 Å². The smallest absolute Gasteiger partial charge is 2.00 e. The molecule has 0 bridgehead atoms. The van der Waals surface area contributed by atoms with Gasteiger partial charge in [-0.2, -0.15) is 10.5 Å². The van der Waals surface area contributed by atoms with Crippen LogP contribution in [-0.2, 0) is 32.0 Å². The first-order valence-corrected chi connectivity index (χ1v) is 14.4. The second-order valence-electron chi connectivity index (χ2n) is 11.9. The van der Waals surface area contributed by atoms with Gasteiger partial charge in [0.15, 0.2) is 0 Å². The van der Waals surface area contributed by atoms with Crippen LogP contribution in [-0.4, -0.2) is 36.2 Å². The average molecular weight is 683 g/mol. The number of hydrogen-bond acceptors (Lipinski definition) is 6. The zero-order chi connectivity index (χ0) is 32.0. The number of benzene rings is 1. The Labute approximate surface area is 278 Å². The van der Waals surface area contributed by atoms with Gasteiger partial charge in [0.25, 0.3) is 0 Å². The molecule has 1 aromatic carbocycles. The van der Waals surface area contributed by atoms with Crippen LogP contribution < -0.4 is 5.11 Å². The number of aromatic nitrogens is 6. The predicted octanol–water partition coefficient (Wildman–Crippen LogP) is 6.30. The summed E-state index contributed by atoms with van der Waals surface area (Å²) in [6, 6.07) is 16.9. The number of nitriles is 2. The summed E-state index contributed by atoms with van der Waals surface area (Å²) >= 11 is 0. The molecule has 0 unspecified atom stereocenters. The van der Waals surface area contributed by atoms with E-state index < -0.39 is 7.12 Å². The Balaban J connectivity index is 0. The second kappa shape index (κ2) is 20.3. The summed E-state index contributed by atoms with van der Waals surface area (Å²) in [7, 11) is -1.27. The van der Waals surface area contributed by atoms with Crippen LogP contribution in [0.4, 0.5) is 0 Å². The fourth-order valence-electron chi connectivity index (χ4n) is 4.06. The van der Waals surface area contributed by atoms with Crippen molar-refractivity contribution in [2.24, 2.45) is 0 Å². The number of hydrogen-bond donors (Lipinski definition) is 0. The first-order valence-electron chi connectivity index (χ1n) is 14.4. The monoisotopic (exact) mass is 684 g/mol. The van der Waals surface area contributed by atoms with Crippen LogP contribution in [0.3, 0.4) is 0 Å². The normalized spacial score (nSPS) is 10.2. The summed E-state index contributed by atoms with van der Waals surface area (Å²) in [4.78, 5) is 0. The van der Waals surface area contributed by atoms with Gasteiger partial charge in [-0.3, -0.25) is 0 Å². The van der Waals surface area contributed by atoms with Gasteiger partial charge in [-0.25, -0.2) is 15.3 Å². The van der Waals surface area contributed by atoms with E-state index in [4.69, 9.17) is 25.8 Å². The molecule has 10 nitrogen and oxygen atoms in total. The van der Waals surface area contributed by atoms with E-state index in [9.17, 15) is 5.11 Å². The largest absolute Gasteiger partial charge is 4.00 e. The Morgan fingerprint density at radius 1 is 0.682 bits per heavy atom. The van der Waals surface area contributed by atoms with E-state index in [0.29, 0.717) is 17.8 Å². The van der Waals surface area contributed by atoms with E-state index in [1.807, 2.05) is 65.3 Å². The molecule has 0 aliphatic rings. The fourth-order valence-corrected chi connectivity index (χ4v) is 4.06. The summed E-state index contributed by atoms with van der Waals surface area (Å²) in [5, 5.41) is 40.3. The van der Waals surface area contributed by atoms with Crippen molar-refractivity contribution in [1.29, 1.82) is 10.5 Å². The Hall–Kier alpha value is -3.66. The molecule has 44 heavy (non-hydrogen) atoms. The van der Waals surface area contributed by atoms with Gasteiger partial charge in [-0.1, -0.05) is 92.1 Å². The van der Waals surface area contributed by atoms with Crippen molar-refractivity contribution in [2.75, 3.05) is 0 Å². The minimum Gasteiger partial charge on any atom is -2.00 e. The van der Waals surface area contributed by atoms with Crippen LogP contribution in [0.25, 0.3) is 0 Å². The van der Waals surface area contributed by atoms with Crippen LogP contribution in [0.15, 0.2) is 61.1 Å². The molecule has 0 fully saturated rings. The maximum atomic E-state index is 11.3. The van der Waals surface area contributed by atoms with E-state index in [1.54, 1.807) is 24.3 Å². The summed E-state index contributed by atoms with van der Waals surface area (Å²) in [5.41, 5.74) is 4.12. The first-order chi connectivity index (χ1) is 19.7. The predicted molar refractivity (Wildman–Crippen MR) is 170 cm³/mol. The van der Waals surface area contributed by atoms with Gasteiger partial charge in [-0.15, -0.1) is 5.75 Å². The van der Waals surface area contributed by atoms with Crippen molar-refractivity contribution in [3.63, 3.8) is 0 Å². The third-order valence-corrected chi connectivity index (χ3v) is 6.32. The van der Waals surface area contributed by atoms with Crippen LogP contribution in [0.5, 0.6) is 5.75 Å². The molecular formula is C32H47BMoN8O2. The van der Waals surface area contributed by atoms with Gasteiger partial charge in [0.1, 0.15) is 0 Å².